The molecule has 1 aliphatic rings. The molecule has 0 bridgehead atoms. The van der Waals surface area contributed by atoms with Crippen LogP contribution in [0.5, 0.6) is 0 Å². The van der Waals surface area contributed by atoms with E-state index in [4.69, 9.17) is 0 Å². The van der Waals surface area contributed by atoms with Crippen LogP contribution in [0.25, 0.3) is 0 Å². The Labute approximate surface area is 133 Å². The Balaban J connectivity index is 2.38. The summed E-state index contributed by atoms with van der Waals surface area (Å²) in [5.74, 6) is -0.292. The molecule has 1 aromatic carbocycles. The van der Waals surface area contributed by atoms with Crippen molar-refractivity contribution < 1.29 is 13.5 Å². The predicted octanol–water partition coefficient (Wildman–Crippen LogP) is 2.58. The summed E-state index contributed by atoms with van der Waals surface area (Å²) in [5.41, 5.74) is 0.764. The third kappa shape index (κ3) is 2.85. The number of hydrogen-bond acceptors (Lipinski definition) is 3. The first-order valence-electron chi connectivity index (χ1n) is 7.53. The summed E-state index contributed by atoms with van der Waals surface area (Å²) < 4.78 is 27.0. The van der Waals surface area contributed by atoms with E-state index in [1.165, 1.54) is 4.31 Å². The molecule has 0 unspecified atom stereocenters. The number of hydrogen-bond donors (Lipinski definition) is 1. The molecule has 1 aromatic rings. The van der Waals surface area contributed by atoms with E-state index in [-0.39, 0.29) is 29.8 Å². The maximum Gasteiger partial charge on any atom is 0.243 e. The van der Waals surface area contributed by atoms with Gasteiger partial charge in [0.1, 0.15) is 0 Å². The van der Waals surface area contributed by atoms with E-state index >= 15 is 0 Å². The third-order valence-electron chi connectivity index (χ3n) is 4.67. The summed E-state index contributed by atoms with van der Waals surface area (Å²) >= 11 is 0. The number of nitrogens with zero attached hydrogens (tertiary/aromatic N) is 1. The summed E-state index contributed by atoms with van der Waals surface area (Å²) in [6, 6.07) is 6.81. The van der Waals surface area contributed by atoms with Gasteiger partial charge in [-0.25, -0.2) is 8.42 Å². The van der Waals surface area contributed by atoms with Gasteiger partial charge in [-0.3, -0.25) is 0 Å². The summed E-state index contributed by atoms with van der Waals surface area (Å²) in [5, 5.41) is 11.0. The van der Waals surface area contributed by atoms with Crippen LogP contribution in [0.1, 0.15) is 26.3 Å². The van der Waals surface area contributed by atoms with Crippen molar-refractivity contribution in [3.8, 4) is 0 Å². The van der Waals surface area contributed by atoms with Crippen molar-refractivity contribution in [2.45, 2.75) is 38.2 Å². The number of benzene rings is 1. The van der Waals surface area contributed by atoms with Crippen molar-refractivity contribution in [3.05, 3.63) is 42.0 Å². The minimum Gasteiger partial charge on any atom is -0.388 e. The molecule has 2 atom stereocenters. The molecular formula is C17H25NO3S. The average Bonchev–Trinajstić information content (AvgIpc) is 2.79. The zero-order valence-electron chi connectivity index (χ0n) is 13.7. The van der Waals surface area contributed by atoms with E-state index in [1.54, 1.807) is 24.3 Å². The van der Waals surface area contributed by atoms with Crippen LogP contribution in [0.2, 0.25) is 0 Å². The lowest BCUT2D eigenvalue weighted by Crippen LogP contribution is -2.44. The second kappa shape index (κ2) is 5.80. The summed E-state index contributed by atoms with van der Waals surface area (Å²) in [7, 11) is -3.59. The van der Waals surface area contributed by atoms with Gasteiger partial charge in [-0.1, -0.05) is 43.7 Å². The van der Waals surface area contributed by atoms with Gasteiger partial charge in [0.15, 0.2) is 0 Å². The van der Waals surface area contributed by atoms with Crippen LogP contribution in [0.15, 0.2) is 41.3 Å². The minimum absolute atomic E-state index is 0.0487. The fraction of sp³-hybridized carbons (Fsp3) is 0.529. The molecule has 122 valence electrons. The summed E-state index contributed by atoms with van der Waals surface area (Å²) in [4.78, 5) is 0.270. The van der Waals surface area contributed by atoms with Crippen molar-refractivity contribution in [3.63, 3.8) is 0 Å². The van der Waals surface area contributed by atoms with Crippen LogP contribution in [-0.2, 0) is 10.0 Å². The molecule has 1 saturated heterocycles. The van der Waals surface area contributed by atoms with Crippen molar-refractivity contribution in [1.29, 1.82) is 0 Å². The Kier molecular flexibility index (Phi) is 4.53. The molecule has 0 radical (unpaired) electrons. The van der Waals surface area contributed by atoms with Gasteiger partial charge < -0.3 is 5.11 Å². The molecule has 1 fully saturated rings. The number of rotatable bonds is 4. The molecule has 1 aliphatic heterocycles. The quantitative estimate of drug-likeness (QED) is 0.867. The van der Waals surface area contributed by atoms with E-state index in [9.17, 15) is 13.5 Å². The predicted molar refractivity (Wildman–Crippen MR) is 88.0 cm³/mol. The first-order chi connectivity index (χ1) is 10.1. The first-order valence-corrected chi connectivity index (χ1v) is 8.97. The maximum atomic E-state index is 12.8. The Hall–Kier alpha value is -1.17. The monoisotopic (exact) mass is 323 g/mol. The lowest BCUT2D eigenvalue weighted by atomic mass is 9.78. The fourth-order valence-corrected chi connectivity index (χ4v) is 4.53. The second-order valence-electron chi connectivity index (χ2n) is 6.66. The van der Waals surface area contributed by atoms with Gasteiger partial charge in [-0.15, -0.1) is 0 Å². The summed E-state index contributed by atoms with van der Waals surface area (Å²) in [6.07, 6.45) is 0. The Morgan fingerprint density at radius 1 is 1.36 bits per heavy atom. The average molecular weight is 323 g/mol. The van der Waals surface area contributed by atoms with Crippen molar-refractivity contribution in [1.82, 2.24) is 4.31 Å². The molecule has 0 saturated carbocycles. The van der Waals surface area contributed by atoms with Crippen molar-refractivity contribution >= 4 is 10.0 Å². The number of β-amino-alcohol motifs (C(OH)–C–C–N with tert-alkyl or cyclic N) is 1. The fourth-order valence-electron chi connectivity index (χ4n) is 3.03. The van der Waals surface area contributed by atoms with Gasteiger partial charge in [-0.2, -0.15) is 4.31 Å². The molecule has 1 heterocycles. The molecule has 2 rings (SSSR count). The first kappa shape index (κ1) is 17.2. The zero-order valence-corrected chi connectivity index (χ0v) is 14.5. The number of sulfonamides is 1. The van der Waals surface area contributed by atoms with Gasteiger partial charge in [0.05, 0.1) is 10.5 Å². The lowest BCUT2D eigenvalue weighted by Gasteiger charge is -2.33. The van der Waals surface area contributed by atoms with E-state index in [0.717, 1.165) is 11.1 Å². The highest BCUT2D eigenvalue weighted by Crippen LogP contribution is 2.40. The van der Waals surface area contributed by atoms with E-state index < -0.39 is 15.6 Å². The van der Waals surface area contributed by atoms with Crippen LogP contribution in [-0.4, -0.2) is 36.5 Å². The largest absolute Gasteiger partial charge is 0.388 e. The smallest absolute Gasteiger partial charge is 0.243 e. The molecule has 22 heavy (non-hydrogen) atoms. The summed E-state index contributed by atoms with van der Waals surface area (Å²) in [6.45, 7) is 11.9. The van der Waals surface area contributed by atoms with Gasteiger partial charge >= 0.3 is 0 Å². The Morgan fingerprint density at radius 3 is 2.32 bits per heavy atom. The van der Waals surface area contributed by atoms with Crippen LogP contribution in [0.3, 0.4) is 0 Å². The normalized spacial score (nSPS) is 26.5. The van der Waals surface area contributed by atoms with Crippen LogP contribution in [0, 0.1) is 18.8 Å². The molecule has 0 amide bonds. The van der Waals surface area contributed by atoms with Gasteiger partial charge in [0.2, 0.25) is 10.0 Å². The second-order valence-corrected chi connectivity index (χ2v) is 8.59. The molecule has 5 heteroatoms. The highest BCUT2D eigenvalue weighted by molar-refractivity contribution is 7.89. The molecule has 0 aliphatic carbocycles. The third-order valence-corrected chi connectivity index (χ3v) is 6.50. The Morgan fingerprint density at radius 2 is 1.91 bits per heavy atom. The molecule has 0 spiro atoms. The van der Waals surface area contributed by atoms with E-state index in [2.05, 4.69) is 6.58 Å². The molecule has 1 N–H and O–H groups in total. The zero-order chi connectivity index (χ0) is 16.7. The van der Waals surface area contributed by atoms with E-state index in [1.807, 2.05) is 27.7 Å². The number of aliphatic hydroxyl groups is 1. The highest BCUT2D eigenvalue weighted by atomic mass is 32.2. The van der Waals surface area contributed by atoms with Crippen molar-refractivity contribution in [2.24, 2.45) is 11.8 Å². The Bertz CT molecular complexity index is 664. The molecule has 4 nitrogen and oxygen atoms in total. The van der Waals surface area contributed by atoms with Crippen LogP contribution in [0.4, 0.5) is 0 Å². The van der Waals surface area contributed by atoms with Gasteiger partial charge in [0, 0.05) is 19.0 Å². The minimum atomic E-state index is -3.59. The standard InChI is InChI=1S/C17H25NO3S/c1-12(2)16-10-18(11-17(16,19)13(3)4)22(20,21)15-8-6-14(5)7-9-15/h6-9,13,16,19H,1,10-11H2,2-5H3/t16-,17+/m1/s1. The van der Waals surface area contributed by atoms with Crippen LogP contribution >= 0.6 is 0 Å². The SMILES string of the molecule is C=C(C)[C@H]1CN(S(=O)(=O)c2ccc(C)cc2)C[C@]1(O)C(C)C. The van der Waals surface area contributed by atoms with E-state index in [0.29, 0.717) is 0 Å². The van der Waals surface area contributed by atoms with Crippen molar-refractivity contribution in [2.75, 3.05) is 13.1 Å². The topological polar surface area (TPSA) is 57.6 Å². The van der Waals surface area contributed by atoms with Crippen LogP contribution < -0.4 is 0 Å². The molecular weight excluding hydrogens is 298 g/mol. The highest BCUT2D eigenvalue weighted by Gasteiger charge is 2.51. The van der Waals surface area contributed by atoms with Gasteiger partial charge in [0.25, 0.3) is 0 Å². The maximum absolute atomic E-state index is 12.8. The van der Waals surface area contributed by atoms with Gasteiger partial charge in [-0.05, 0) is 31.9 Å². The number of aryl methyl sites for hydroxylation is 1. The molecule has 0 aromatic heterocycles. The lowest BCUT2D eigenvalue weighted by molar-refractivity contribution is -0.0168.